The van der Waals surface area contributed by atoms with Gasteiger partial charge in [-0.3, -0.25) is 29.0 Å². The number of hydrogen-bond acceptors (Lipinski definition) is 10. The Morgan fingerprint density at radius 1 is 0.864 bits per heavy atom. The lowest BCUT2D eigenvalue weighted by Gasteiger charge is -2.63. The Hall–Kier alpha value is -5.52. The Bertz CT molecular complexity index is 2170. The topological polar surface area (TPSA) is 159 Å². The number of benzene rings is 3. The summed E-state index contributed by atoms with van der Waals surface area (Å²) in [6.45, 7) is 14.6. The SMILES string of the molecule is CC1(C)[C@H](NC(=O)c2ccc(N3CCN(CC4CCN(c5ccc6c(c5)C(=O)N(C5CCC(=O)NC5O)C6=O)CC4)CC3)cc2)C(C)(C)[C@H]1Oc1ccc(C#N)c(F)c1. The van der Waals surface area contributed by atoms with E-state index < -0.39 is 40.7 Å². The fourth-order valence-corrected chi connectivity index (χ4v) is 10.3. The highest BCUT2D eigenvalue weighted by molar-refractivity contribution is 6.22. The molecule has 3 aromatic rings. The van der Waals surface area contributed by atoms with Crippen LogP contribution >= 0.6 is 0 Å². The molecule has 3 N–H and O–H groups in total. The number of rotatable bonds is 9. The van der Waals surface area contributed by atoms with Crippen molar-refractivity contribution in [3.63, 3.8) is 0 Å². The van der Waals surface area contributed by atoms with Gasteiger partial charge in [-0.1, -0.05) is 27.7 Å². The fraction of sp³-hybridized carbons (Fsp3) is 0.489. The molecule has 3 saturated heterocycles. The maximum atomic E-state index is 14.3. The molecule has 13 nitrogen and oxygen atoms in total. The van der Waals surface area contributed by atoms with Gasteiger partial charge in [-0.05, 0) is 79.8 Å². The molecule has 3 aromatic carbocycles. The second kappa shape index (κ2) is 15.6. The number of fused-ring (bicyclic) bond motifs is 1. The first-order valence-electron chi connectivity index (χ1n) is 20.6. The molecule has 0 bridgehead atoms. The average Bonchev–Trinajstić information content (AvgIpc) is 3.47. The number of amides is 4. The zero-order valence-electron chi connectivity index (χ0n) is 34.0. The Morgan fingerprint density at radius 2 is 1.51 bits per heavy atom. The highest BCUT2D eigenvalue weighted by atomic mass is 19.1. The van der Waals surface area contributed by atoms with Crippen molar-refractivity contribution in [3.8, 4) is 11.8 Å². The molecule has 310 valence electrons. The number of piperazine rings is 1. The maximum Gasteiger partial charge on any atom is 0.262 e. The van der Waals surface area contributed by atoms with E-state index in [0.29, 0.717) is 28.4 Å². The van der Waals surface area contributed by atoms with Crippen LogP contribution in [0.25, 0.3) is 0 Å². The first-order chi connectivity index (χ1) is 28.1. The van der Waals surface area contributed by atoms with Gasteiger partial charge in [0.15, 0.2) is 0 Å². The third-order valence-corrected chi connectivity index (χ3v) is 13.4. The summed E-state index contributed by atoms with van der Waals surface area (Å²) in [7, 11) is 0. The molecule has 14 heteroatoms. The van der Waals surface area contributed by atoms with E-state index in [-0.39, 0.29) is 42.4 Å². The molecule has 5 aliphatic rings. The molecule has 4 aliphatic heterocycles. The Balaban J connectivity index is 0.789. The van der Waals surface area contributed by atoms with E-state index in [4.69, 9.17) is 10.00 Å². The van der Waals surface area contributed by atoms with Gasteiger partial charge in [0.05, 0.1) is 22.7 Å². The lowest BCUT2D eigenvalue weighted by molar-refractivity contribution is -0.164. The molecule has 59 heavy (non-hydrogen) atoms. The number of piperidine rings is 2. The number of ether oxygens (including phenoxy) is 1. The monoisotopic (exact) mass is 805 g/mol. The smallest absolute Gasteiger partial charge is 0.262 e. The van der Waals surface area contributed by atoms with Crippen molar-refractivity contribution in [2.45, 2.75) is 77.8 Å². The summed E-state index contributed by atoms with van der Waals surface area (Å²) in [6.07, 6.45) is 0.859. The van der Waals surface area contributed by atoms with Gasteiger partial charge in [-0.2, -0.15) is 5.26 Å². The van der Waals surface area contributed by atoms with Gasteiger partial charge in [0.25, 0.3) is 17.7 Å². The van der Waals surface area contributed by atoms with Crippen LogP contribution in [0, 0.1) is 33.9 Å². The molecule has 0 radical (unpaired) electrons. The van der Waals surface area contributed by atoms with Crippen LogP contribution in [0.15, 0.2) is 60.7 Å². The lowest BCUT2D eigenvalue weighted by atomic mass is 9.49. The van der Waals surface area contributed by atoms with Crippen LogP contribution in [0.1, 0.15) is 90.0 Å². The van der Waals surface area contributed by atoms with Crippen LogP contribution in [-0.2, 0) is 4.79 Å². The molecular formula is C45H52FN7O6. The number of hydrogen-bond donors (Lipinski definition) is 3. The number of carbonyl (C=O) groups is 4. The standard InChI is InChI=1S/C45H52FN7O6/c1-44(2)42(45(3,4)43(44)59-32-11-7-29(25-47)35(46)24-32)49-38(55)28-5-8-30(9-6-28)52-21-19-50(20-22-52)26-27-15-17-51(18-16-27)31-10-12-33-34(23-31)41(58)53(40(33)57)36-13-14-37(54)48-39(36)56/h5-12,23-24,27,36,39,42-43,56H,13-22,26H2,1-4H3,(H,48,54)(H,49,55)/t36?,39?,42-,43-. The number of aliphatic hydroxyl groups excluding tert-OH is 1. The highest BCUT2D eigenvalue weighted by Crippen LogP contribution is 2.55. The predicted molar refractivity (Wildman–Crippen MR) is 218 cm³/mol. The zero-order chi connectivity index (χ0) is 41.8. The van der Waals surface area contributed by atoms with Crippen molar-refractivity contribution < 1.29 is 33.4 Å². The van der Waals surface area contributed by atoms with Gasteiger partial charge >= 0.3 is 0 Å². The van der Waals surface area contributed by atoms with Gasteiger partial charge in [0, 0.05) is 92.1 Å². The largest absolute Gasteiger partial charge is 0.489 e. The molecule has 1 saturated carbocycles. The van der Waals surface area contributed by atoms with Gasteiger partial charge in [-0.15, -0.1) is 0 Å². The minimum Gasteiger partial charge on any atom is -0.489 e. The first-order valence-corrected chi connectivity index (χ1v) is 20.6. The minimum absolute atomic E-state index is 0.0321. The summed E-state index contributed by atoms with van der Waals surface area (Å²) in [5, 5.41) is 25.1. The molecule has 0 aromatic heterocycles. The second-order valence-corrected chi connectivity index (χ2v) is 17.9. The van der Waals surface area contributed by atoms with E-state index >= 15 is 0 Å². The number of anilines is 2. The summed E-state index contributed by atoms with van der Waals surface area (Å²) in [5.41, 5.74) is 2.37. The number of nitrogens with one attached hydrogen (secondary N) is 2. The number of halogens is 1. The molecule has 0 spiro atoms. The molecule has 2 atom stereocenters. The Kier molecular flexibility index (Phi) is 10.6. The first kappa shape index (κ1) is 40.3. The summed E-state index contributed by atoms with van der Waals surface area (Å²) in [6, 6.07) is 18.3. The molecular weight excluding hydrogens is 754 g/mol. The number of nitrogens with zero attached hydrogens (tertiary/aromatic N) is 5. The van der Waals surface area contributed by atoms with Crippen LogP contribution in [0.3, 0.4) is 0 Å². The normalized spacial score (nSPS) is 25.5. The van der Waals surface area contributed by atoms with E-state index in [1.54, 1.807) is 18.2 Å². The van der Waals surface area contributed by atoms with Gasteiger partial charge < -0.3 is 30.3 Å². The van der Waals surface area contributed by atoms with E-state index in [1.165, 1.54) is 12.1 Å². The molecule has 2 unspecified atom stereocenters. The Morgan fingerprint density at radius 3 is 2.15 bits per heavy atom. The van der Waals surface area contributed by atoms with E-state index in [0.717, 1.165) is 74.9 Å². The van der Waals surface area contributed by atoms with E-state index in [1.807, 2.05) is 64.1 Å². The minimum atomic E-state index is -1.28. The van der Waals surface area contributed by atoms with Crippen molar-refractivity contribution in [3.05, 3.63) is 88.7 Å². The third kappa shape index (κ3) is 7.51. The summed E-state index contributed by atoms with van der Waals surface area (Å²) >= 11 is 0. The van der Waals surface area contributed by atoms with Crippen LogP contribution in [-0.4, -0.2) is 109 Å². The molecule has 4 fully saturated rings. The molecule has 8 rings (SSSR count). The van der Waals surface area contributed by atoms with Crippen LogP contribution in [0.2, 0.25) is 0 Å². The van der Waals surface area contributed by atoms with E-state index in [2.05, 4.69) is 25.3 Å². The van der Waals surface area contributed by atoms with Crippen molar-refractivity contribution in [1.82, 2.24) is 20.4 Å². The second-order valence-electron chi connectivity index (χ2n) is 17.9. The van der Waals surface area contributed by atoms with Crippen LogP contribution in [0.4, 0.5) is 15.8 Å². The maximum absolute atomic E-state index is 14.3. The van der Waals surface area contributed by atoms with Gasteiger partial charge in [0.1, 0.15) is 30.0 Å². The summed E-state index contributed by atoms with van der Waals surface area (Å²) in [5.74, 6) is -1.02. The third-order valence-electron chi connectivity index (χ3n) is 13.4. The highest BCUT2D eigenvalue weighted by Gasteiger charge is 2.64. The summed E-state index contributed by atoms with van der Waals surface area (Å²) in [4.78, 5) is 60.0. The molecule has 1 aliphatic carbocycles. The zero-order valence-corrected chi connectivity index (χ0v) is 34.0. The van der Waals surface area contributed by atoms with Crippen LogP contribution in [0.5, 0.6) is 5.75 Å². The quantitative estimate of drug-likeness (QED) is 0.263. The average molecular weight is 806 g/mol. The molecule has 4 heterocycles. The Labute approximate surface area is 344 Å². The fourth-order valence-electron chi connectivity index (χ4n) is 10.3. The van der Waals surface area contributed by atoms with Crippen molar-refractivity contribution in [2.24, 2.45) is 16.7 Å². The van der Waals surface area contributed by atoms with Gasteiger partial charge in [-0.25, -0.2) is 4.39 Å². The lowest BCUT2D eigenvalue weighted by Crippen LogP contribution is -2.74. The molecule has 4 amide bonds. The van der Waals surface area contributed by atoms with Crippen molar-refractivity contribution >= 4 is 35.0 Å². The van der Waals surface area contributed by atoms with Gasteiger partial charge in [0.2, 0.25) is 5.91 Å². The van der Waals surface area contributed by atoms with Crippen molar-refractivity contribution in [1.29, 1.82) is 5.26 Å². The van der Waals surface area contributed by atoms with E-state index in [9.17, 15) is 28.7 Å². The van der Waals surface area contributed by atoms with Crippen LogP contribution < -0.4 is 25.2 Å². The summed E-state index contributed by atoms with van der Waals surface area (Å²) < 4.78 is 20.5. The number of imide groups is 1. The number of carbonyl (C=O) groups excluding carboxylic acids is 4. The van der Waals surface area contributed by atoms with Crippen molar-refractivity contribution in [2.75, 3.05) is 55.6 Å². The number of aliphatic hydroxyl groups is 1. The predicted octanol–water partition coefficient (Wildman–Crippen LogP) is 4.54. The number of nitriles is 1.